The Morgan fingerprint density at radius 2 is 2.05 bits per heavy atom. The molecule has 2 aromatic heterocycles. The van der Waals surface area contributed by atoms with Crippen LogP contribution in [0, 0.1) is 6.92 Å². The lowest BCUT2D eigenvalue weighted by molar-refractivity contribution is 0.630. The first-order valence-corrected chi connectivity index (χ1v) is 6.91. The molecule has 0 aliphatic rings. The summed E-state index contributed by atoms with van der Waals surface area (Å²) in [7, 11) is 0. The minimum atomic E-state index is 0.830. The maximum Gasteiger partial charge on any atom is 0.136 e. The van der Waals surface area contributed by atoms with Gasteiger partial charge in [0.15, 0.2) is 0 Å². The minimum Gasteiger partial charge on any atom is -0.456 e. The van der Waals surface area contributed by atoms with Crippen molar-refractivity contribution in [1.82, 2.24) is 10.3 Å². The molecule has 0 spiro atoms. The third kappa shape index (κ3) is 2.58. The van der Waals surface area contributed by atoms with Crippen LogP contribution in [-0.4, -0.2) is 11.5 Å². The van der Waals surface area contributed by atoms with Crippen LogP contribution >= 0.6 is 0 Å². The Labute approximate surface area is 118 Å². The van der Waals surface area contributed by atoms with Gasteiger partial charge in [0.1, 0.15) is 11.3 Å². The Kier molecular flexibility index (Phi) is 3.52. The second-order valence-electron chi connectivity index (χ2n) is 5.01. The lowest BCUT2D eigenvalue weighted by Crippen LogP contribution is -2.11. The first kappa shape index (κ1) is 12.9. The monoisotopic (exact) mass is 266 g/mol. The third-order valence-electron chi connectivity index (χ3n) is 3.33. The van der Waals surface area contributed by atoms with E-state index >= 15 is 0 Å². The van der Waals surface area contributed by atoms with E-state index < -0.39 is 0 Å². The molecule has 0 atom stereocenters. The SMILES string of the molecule is CCNCc1cncc(-c2cc3cc(C)ccc3o2)c1. The first-order valence-electron chi connectivity index (χ1n) is 6.91. The van der Waals surface area contributed by atoms with Gasteiger partial charge in [-0.05, 0) is 43.3 Å². The van der Waals surface area contributed by atoms with E-state index in [1.807, 2.05) is 18.5 Å². The number of nitrogens with one attached hydrogen (secondary N) is 1. The van der Waals surface area contributed by atoms with Crippen LogP contribution in [-0.2, 0) is 6.54 Å². The van der Waals surface area contributed by atoms with Crippen LogP contribution in [0.2, 0.25) is 0 Å². The van der Waals surface area contributed by atoms with Crippen molar-refractivity contribution in [2.45, 2.75) is 20.4 Å². The van der Waals surface area contributed by atoms with E-state index in [1.165, 1.54) is 11.1 Å². The summed E-state index contributed by atoms with van der Waals surface area (Å²) in [5, 5.41) is 4.44. The van der Waals surface area contributed by atoms with Crippen LogP contribution in [0.4, 0.5) is 0 Å². The van der Waals surface area contributed by atoms with Gasteiger partial charge in [-0.1, -0.05) is 18.6 Å². The van der Waals surface area contributed by atoms with E-state index in [2.05, 4.69) is 48.4 Å². The van der Waals surface area contributed by atoms with Crippen molar-refractivity contribution in [3.8, 4) is 11.3 Å². The number of benzene rings is 1. The number of hydrogen-bond acceptors (Lipinski definition) is 3. The smallest absolute Gasteiger partial charge is 0.136 e. The summed E-state index contributed by atoms with van der Waals surface area (Å²) in [6.07, 6.45) is 3.74. The Balaban J connectivity index is 1.97. The highest BCUT2D eigenvalue weighted by molar-refractivity contribution is 5.83. The Hall–Kier alpha value is -2.13. The summed E-state index contributed by atoms with van der Waals surface area (Å²) < 4.78 is 5.91. The van der Waals surface area contributed by atoms with Gasteiger partial charge < -0.3 is 9.73 Å². The highest BCUT2D eigenvalue weighted by atomic mass is 16.3. The number of fused-ring (bicyclic) bond motifs is 1. The standard InChI is InChI=1S/C17H18N2O/c1-3-18-9-13-7-15(11-19-10-13)17-8-14-6-12(2)4-5-16(14)20-17/h4-8,10-11,18H,3,9H2,1-2H3. The number of nitrogens with zero attached hydrogens (tertiary/aromatic N) is 1. The molecule has 102 valence electrons. The van der Waals surface area contributed by atoms with Crippen molar-refractivity contribution in [2.24, 2.45) is 0 Å². The van der Waals surface area contributed by atoms with Gasteiger partial charge in [-0.15, -0.1) is 0 Å². The molecule has 20 heavy (non-hydrogen) atoms. The van der Waals surface area contributed by atoms with Gasteiger partial charge in [0.25, 0.3) is 0 Å². The summed E-state index contributed by atoms with van der Waals surface area (Å²) in [5.41, 5.74) is 4.35. The van der Waals surface area contributed by atoms with E-state index in [9.17, 15) is 0 Å². The number of hydrogen-bond donors (Lipinski definition) is 1. The summed E-state index contributed by atoms with van der Waals surface area (Å²) in [6.45, 7) is 5.97. The second kappa shape index (κ2) is 5.47. The largest absolute Gasteiger partial charge is 0.456 e. The first-order chi connectivity index (χ1) is 9.76. The number of furan rings is 1. The van der Waals surface area contributed by atoms with Gasteiger partial charge in [0.05, 0.1) is 0 Å². The molecule has 2 heterocycles. The minimum absolute atomic E-state index is 0.830. The summed E-state index contributed by atoms with van der Waals surface area (Å²) in [6, 6.07) is 10.4. The zero-order valence-electron chi connectivity index (χ0n) is 11.8. The fraction of sp³-hybridized carbons (Fsp3) is 0.235. The molecule has 0 bridgehead atoms. The molecular formula is C17H18N2O. The molecule has 1 aromatic carbocycles. The van der Waals surface area contributed by atoms with Crippen LogP contribution < -0.4 is 5.32 Å². The van der Waals surface area contributed by atoms with E-state index in [0.717, 1.165) is 35.4 Å². The topological polar surface area (TPSA) is 38.1 Å². The highest BCUT2D eigenvalue weighted by Crippen LogP contribution is 2.28. The van der Waals surface area contributed by atoms with E-state index in [0.29, 0.717) is 0 Å². The Bertz CT molecular complexity index is 731. The molecule has 0 unspecified atom stereocenters. The summed E-state index contributed by atoms with van der Waals surface area (Å²) >= 11 is 0. The average molecular weight is 266 g/mol. The fourth-order valence-electron chi connectivity index (χ4n) is 2.29. The van der Waals surface area contributed by atoms with Crippen LogP contribution in [0.3, 0.4) is 0 Å². The van der Waals surface area contributed by atoms with Gasteiger partial charge in [-0.3, -0.25) is 4.98 Å². The molecule has 0 aliphatic heterocycles. The van der Waals surface area contributed by atoms with Gasteiger partial charge in [-0.25, -0.2) is 0 Å². The molecule has 0 aliphatic carbocycles. The van der Waals surface area contributed by atoms with Crippen molar-refractivity contribution >= 4 is 11.0 Å². The third-order valence-corrected chi connectivity index (χ3v) is 3.33. The molecule has 1 N–H and O–H groups in total. The molecule has 0 fully saturated rings. The molecular weight excluding hydrogens is 248 g/mol. The predicted octanol–water partition coefficient (Wildman–Crippen LogP) is 3.91. The zero-order valence-corrected chi connectivity index (χ0v) is 11.8. The van der Waals surface area contributed by atoms with Crippen molar-refractivity contribution in [3.05, 3.63) is 53.9 Å². The van der Waals surface area contributed by atoms with Crippen molar-refractivity contribution < 1.29 is 4.42 Å². The highest BCUT2D eigenvalue weighted by Gasteiger charge is 2.07. The van der Waals surface area contributed by atoms with Crippen LogP contribution in [0.5, 0.6) is 0 Å². The lowest BCUT2D eigenvalue weighted by Gasteiger charge is -2.03. The molecule has 0 saturated carbocycles. The van der Waals surface area contributed by atoms with E-state index in [-0.39, 0.29) is 0 Å². The molecule has 3 rings (SSSR count). The zero-order chi connectivity index (χ0) is 13.9. The fourth-order valence-corrected chi connectivity index (χ4v) is 2.29. The number of aromatic nitrogens is 1. The van der Waals surface area contributed by atoms with Crippen molar-refractivity contribution in [2.75, 3.05) is 6.54 Å². The van der Waals surface area contributed by atoms with Gasteiger partial charge in [0, 0.05) is 29.9 Å². The van der Waals surface area contributed by atoms with Crippen LogP contribution in [0.15, 0.2) is 47.1 Å². The number of pyridine rings is 1. The lowest BCUT2D eigenvalue weighted by atomic mass is 10.1. The quantitative estimate of drug-likeness (QED) is 0.778. The van der Waals surface area contributed by atoms with Gasteiger partial charge >= 0.3 is 0 Å². The van der Waals surface area contributed by atoms with Crippen molar-refractivity contribution in [3.63, 3.8) is 0 Å². The molecule has 3 aromatic rings. The summed E-state index contributed by atoms with van der Waals surface area (Å²) in [5.74, 6) is 0.872. The second-order valence-corrected chi connectivity index (χ2v) is 5.01. The molecule has 3 heteroatoms. The maximum absolute atomic E-state index is 5.91. The predicted molar refractivity (Wildman–Crippen MR) is 81.6 cm³/mol. The molecule has 0 radical (unpaired) electrons. The number of aryl methyl sites for hydroxylation is 1. The van der Waals surface area contributed by atoms with Gasteiger partial charge in [0.2, 0.25) is 0 Å². The summed E-state index contributed by atoms with van der Waals surface area (Å²) in [4.78, 5) is 4.30. The normalized spacial score (nSPS) is 11.1. The van der Waals surface area contributed by atoms with E-state index in [1.54, 1.807) is 0 Å². The Morgan fingerprint density at radius 1 is 1.15 bits per heavy atom. The van der Waals surface area contributed by atoms with Crippen LogP contribution in [0.1, 0.15) is 18.1 Å². The Morgan fingerprint density at radius 3 is 2.90 bits per heavy atom. The number of rotatable bonds is 4. The van der Waals surface area contributed by atoms with E-state index in [4.69, 9.17) is 4.42 Å². The molecule has 0 saturated heterocycles. The van der Waals surface area contributed by atoms with Crippen molar-refractivity contribution in [1.29, 1.82) is 0 Å². The van der Waals surface area contributed by atoms with Gasteiger partial charge in [-0.2, -0.15) is 0 Å². The molecule has 0 amide bonds. The molecule has 3 nitrogen and oxygen atoms in total. The maximum atomic E-state index is 5.91. The average Bonchev–Trinajstić information content (AvgIpc) is 2.88. The van der Waals surface area contributed by atoms with Crippen LogP contribution in [0.25, 0.3) is 22.3 Å².